The van der Waals surface area contributed by atoms with E-state index < -0.39 is 38.4 Å². The number of carbonyl (C=O) groups excluding carboxylic acids is 2. The van der Waals surface area contributed by atoms with Crippen LogP contribution in [0.2, 0.25) is 0 Å². The van der Waals surface area contributed by atoms with E-state index >= 15 is 0 Å². The molecule has 0 unspecified atom stereocenters. The molecule has 9 heteroatoms. The molecule has 0 saturated carbocycles. The molecule has 0 amide bonds. The highest BCUT2D eigenvalue weighted by Crippen LogP contribution is 2.32. The average Bonchev–Trinajstić information content (AvgIpc) is 3.05. The lowest BCUT2D eigenvalue weighted by atomic mass is 9.96. The minimum atomic E-state index is -3.85. The second kappa shape index (κ2) is 4.88. The fourth-order valence-electron chi connectivity index (χ4n) is 2.65. The van der Waals surface area contributed by atoms with Crippen LogP contribution in [0, 0.1) is 0 Å². The zero-order valence-electron chi connectivity index (χ0n) is 11.7. The lowest BCUT2D eigenvalue weighted by Crippen LogP contribution is -2.31. The Labute approximate surface area is 130 Å². The predicted octanol–water partition coefficient (Wildman–Crippen LogP) is 0.217. The molecule has 3 heterocycles. The van der Waals surface area contributed by atoms with Crippen LogP contribution in [0.15, 0.2) is 27.7 Å². The summed E-state index contributed by atoms with van der Waals surface area (Å²) in [7, 11) is -3.85. The van der Waals surface area contributed by atoms with Gasteiger partial charge in [-0.25, -0.2) is 13.4 Å². The predicted molar refractivity (Wildman–Crippen MR) is 76.8 cm³/mol. The van der Waals surface area contributed by atoms with E-state index in [1.54, 1.807) is 0 Å². The normalized spacial score (nSPS) is 23.1. The zero-order chi connectivity index (χ0) is 16.2. The van der Waals surface area contributed by atoms with Gasteiger partial charge in [0.1, 0.15) is 16.3 Å². The molecule has 0 radical (unpaired) electrons. The number of aromatic nitrogens is 1. The Bertz CT molecular complexity index is 909. The molecule has 0 aromatic carbocycles. The van der Waals surface area contributed by atoms with E-state index in [9.17, 15) is 18.0 Å². The number of rotatable bonds is 1. The van der Waals surface area contributed by atoms with Crippen molar-refractivity contribution in [1.82, 2.24) is 4.98 Å². The molecule has 0 N–H and O–H groups in total. The summed E-state index contributed by atoms with van der Waals surface area (Å²) in [6, 6.07) is 2.87. The second-order valence-electron chi connectivity index (χ2n) is 5.13. The summed E-state index contributed by atoms with van der Waals surface area (Å²) >= 11 is 0. The molecule has 0 atom stereocenters. The Morgan fingerprint density at radius 1 is 1.09 bits per heavy atom. The topological polar surface area (TPSA) is 112 Å². The zero-order valence-corrected chi connectivity index (χ0v) is 12.5. The van der Waals surface area contributed by atoms with Gasteiger partial charge in [-0.15, -0.1) is 0 Å². The molecule has 0 bridgehead atoms. The molecule has 1 aliphatic carbocycles. The van der Waals surface area contributed by atoms with Crippen LogP contribution in [0.25, 0.3) is 0 Å². The fourth-order valence-corrected chi connectivity index (χ4v) is 3.92. The van der Waals surface area contributed by atoms with Crippen molar-refractivity contribution >= 4 is 27.6 Å². The molecule has 4 rings (SSSR count). The third kappa shape index (κ3) is 2.08. The van der Waals surface area contributed by atoms with Gasteiger partial charge in [-0.1, -0.05) is 0 Å². The number of carbonyl (C=O) groups is 2. The summed E-state index contributed by atoms with van der Waals surface area (Å²) in [5, 5.41) is 0. The minimum absolute atomic E-state index is 0.0452. The molecule has 1 fully saturated rings. The third-order valence-corrected chi connectivity index (χ3v) is 5.29. The standard InChI is InChI=1S/C14H10N2O6S/c17-11-7-1-2-8(14-21-4-5-22-14)16-9(7)12(18)10-13(11)23(19,20)6-3-15-10/h1-3,14H,4-6H2. The number of ether oxygens (including phenoxy) is 2. The van der Waals surface area contributed by atoms with Gasteiger partial charge in [0, 0.05) is 6.21 Å². The first-order valence-corrected chi connectivity index (χ1v) is 8.47. The number of ketones is 2. The average molecular weight is 334 g/mol. The molecule has 1 saturated heterocycles. The second-order valence-corrected chi connectivity index (χ2v) is 7.11. The van der Waals surface area contributed by atoms with E-state index in [1.807, 2.05) is 0 Å². The lowest BCUT2D eigenvalue weighted by Gasteiger charge is -2.20. The number of pyridine rings is 1. The number of nitrogens with zero attached hydrogens (tertiary/aromatic N) is 2. The Morgan fingerprint density at radius 2 is 1.83 bits per heavy atom. The maximum Gasteiger partial charge on any atom is 0.231 e. The molecular weight excluding hydrogens is 324 g/mol. The van der Waals surface area contributed by atoms with Crippen molar-refractivity contribution in [2.75, 3.05) is 19.0 Å². The summed E-state index contributed by atoms with van der Waals surface area (Å²) in [4.78, 5) is 32.4. The number of allylic oxidation sites excluding steroid dienone is 2. The lowest BCUT2D eigenvalue weighted by molar-refractivity contribution is -0.0473. The highest BCUT2D eigenvalue weighted by molar-refractivity contribution is 7.97. The summed E-state index contributed by atoms with van der Waals surface area (Å²) < 4.78 is 34.8. The van der Waals surface area contributed by atoms with E-state index in [0.717, 1.165) is 6.21 Å². The molecule has 118 valence electrons. The van der Waals surface area contributed by atoms with Gasteiger partial charge in [0.15, 0.2) is 9.84 Å². The third-order valence-electron chi connectivity index (χ3n) is 3.70. The Kier molecular flexibility index (Phi) is 3.05. The highest BCUT2D eigenvalue weighted by Gasteiger charge is 2.41. The summed E-state index contributed by atoms with van der Waals surface area (Å²) in [6.07, 6.45) is 0.411. The van der Waals surface area contributed by atoms with Gasteiger partial charge in [0.05, 0.1) is 30.2 Å². The number of sulfone groups is 1. The van der Waals surface area contributed by atoms with Crippen molar-refractivity contribution in [3.8, 4) is 0 Å². The van der Waals surface area contributed by atoms with E-state index in [4.69, 9.17) is 9.47 Å². The Hall–Kier alpha value is -2.23. The fraction of sp³-hybridized carbons (Fsp3) is 0.286. The molecule has 23 heavy (non-hydrogen) atoms. The first-order chi connectivity index (χ1) is 11.0. The largest absolute Gasteiger partial charge is 0.345 e. The van der Waals surface area contributed by atoms with Crippen LogP contribution in [0.1, 0.15) is 32.8 Å². The van der Waals surface area contributed by atoms with Crippen LogP contribution in [-0.4, -0.2) is 50.1 Å². The van der Waals surface area contributed by atoms with Crippen molar-refractivity contribution in [3.63, 3.8) is 0 Å². The van der Waals surface area contributed by atoms with Crippen LogP contribution < -0.4 is 0 Å². The monoisotopic (exact) mass is 334 g/mol. The van der Waals surface area contributed by atoms with Crippen LogP contribution in [0.5, 0.6) is 0 Å². The maximum absolute atomic E-state index is 12.5. The number of hydrogen-bond donors (Lipinski definition) is 0. The number of fused-ring (bicyclic) bond motifs is 1. The van der Waals surface area contributed by atoms with E-state index in [1.165, 1.54) is 12.1 Å². The first kappa shape index (κ1) is 14.4. The van der Waals surface area contributed by atoms with Crippen LogP contribution >= 0.6 is 0 Å². The molecule has 8 nitrogen and oxygen atoms in total. The summed E-state index contributed by atoms with van der Waals surface area (Å²) in [5.41, 5.74) is -0.184. The number of aliphatic imine (C=N–C) groups is 1. The van der Waals surface area contributed by atoms with Gasteiger partial charge in [0.2, 0.25) is 17.9 Å². The molecule has 0 spiro atoms. The molecule has 2 aliphatic heterocycles. The van der Waals surface area contributed by atoms with Gasteiger partial charge < -0.3 is 9.47 Å². The smallest absolute Gasteiger partial charge is 0.231 e. The van der Waals surface area contributed by atoms with E-state index in [2.05, 4.69) is 9.98 Å². The van der Waals surface area contributed by atoms with E-state index in [0.29, 0.717) is 18.9 Å². The van der Waals surface area contributed by atoms with Gasteiger partial charge in [-0.3, -0.25) is 14.6 Å². The van der Waals surface area contributed by atoms with Crippen molar-refractivity contribution in [2.45, 2.75) is 6.29 Å². The van der Waals surface area contributed by atoms with Crippen LogP contribution in [0.3, 0.4) is 0 Å². The van der Waals surface area contributed by atoms with Gasteiger partial charge in [0.25, 0.3) is 0 Å². The quantitative estimate of drug-likeness (QED) is 0.722. The van der Waals surface area contributed by atoms with Crippen molar-refractivity contribution in [3.05, 3.63) is 39.7 Å². The van der Waals surface area contributed by atoms with E-state index in [-0.39, 0.29) is 17.0 Å². The number of hydrogen-bond acceptors (Lipinski definition) is 8. The van der Waals surface area contributed by atoms with Gasteiger partial charge >= 0.3 is 0 Å². The van der Waals surface area contributed by atoms with Gasteiger partial charge in [-0.2, -0.15) is 0 Å². The molecule has 1 aromatic heterocycles. The highest BCUT2D eigenvalue weighted by atomic mass is 32.2. The van der Waals surface area contributed by atoms with Crippen LogP contribution in [-0.2, 0) is 19.3 Å². The maximum atomic E-state index is 12.5. The summed E-state index contributed by atoms with van der Waals surface area (Å²) in [6.45, 7) is 0.822. The van der Waals surface area contributed by atoms with Crippen molar-refractivity contribution in [1.29, 1.82) is 0 Å². The SMILES string of the molecule is O=C1C2=C(N=CCS2(=O)=O)C(=O)c2nc(C3OCCO3)ccc21. The minimum Gasteiger partial charge on any atom is -0.345 e. The number of Topliss-reactive ketones (excluding diaryl/α,β-unsaturated/α-hetero) is 2. The molecular formula is C14H10N2O6S. The summed E-state index contributed by atoms with van der Waals surface area (Å²) in [5.74, 6) is -1.83. The molecule has 3 aliphatic rings. The molecule has 1 aromatic rings. The Balaban J connectivity index is 1.87. The van der Waals surface area contributed by atoms with Crippen molar-refractivity contribution < 1.29 is 27.5 Å². The van der Waals surface area contributed by atoms with Crippen LogP contribution in [0.4, 0.5) is 0 Å². The van der Waals surface area contributed by atoms with Gasteiger partial charge in [-0.05, 0) is 12.1 Å². The van der Waals surface area contributed by atoms with Crippen molar-refractivity contribution in [2.24, 2.45) is 4.99 Å². The first-order valence-electron chi connectivity index (χ1n) is 6.82. The Morgan fingerprint density at radius 3 is 2.57 bits per heavy atom.